The van der Waals surface area contributed by atoms with Crippen LogP contribution in [0.3, 0.4) is 0 Å². The summed E-state index contributed by atoms with van der Waals surface area (Å²) in [4.78, 5) is 3.88. The molecule has 1 heterocycles. The Kier molecular flexibility index (Phi) is 3.57. The lowest BCUT2D eigenvalue weighted by Gasteiger charge is -2.03. The van der Waals surface area contributed by atoms with Crippen molar-refractivity contribution in [3.63, 3.8) is 0 Å². The summed E-state index contributed by atoms with van der Waals surface area (Å²) >= 11 is 7.97. The molecule has 0 aliphatic heterocycles. The fourth-order valence-corrected chi connectivity index (χ4v) is 2.35. The van der Waals surface area contributed by atoms with E-state index in [-0.39, 0.29) is 5.35 Å². The fraction of sp³-hybridized carbons (Fsp3) is 0. The van der Waals surface area contributed by atoms with Gasteiger partial charge in [-0.15, -0.1) is 0 Å². The fourth-order valence-electron chi connectivity index (χ4n) is 1.86. The summed E-state index contributed by atoms with van der Waals surface area (Å²) in [6, 6.07) is 16.6. The minimum atomic E-state index is 0.164. The summed E-state index contributed by atoms with van der Waals surface area (Å²) in [5, 5.41) is 0.164. The van der Waals surface area contributed by atoms with Crippen molar-refractivity contribution in [1.82, 2.24) is 4.98 Å². The molecule has 0 fully saturated rings. The summed E-state index contributed by atoms with van der Waals surface area (Å²) < 4.78 is 6.51. The van der Waals surface area contributed by atoms with Gasteiger partial charge < -0.3 is 4.42 Å². The van der Waals surface area contributed by atoms with Crippen LogP contribution in [0.2, 0.25) is 5.35 Å². The molecule has 0 saturated heterocycles. The third-order valence-corrected chi connectivity index (χ3v) is 3.72. The molecular weight excluding hydrogens is 373 g/mol. The quantitative estimate of drug-likeness (QED) is 0.565. The Morgan fingerprint density at radius 3 is 1.89 bits per heavy atom. The second-order valence-corrected chi connectivity index (χ2v) is 5.63. The van der Waals surface area contributed by atoms with E-state index in [1.165, 1.54) is 14.7 Å². The van der Waals surface area contributed by atoms with Crippen molar-refractivity contribution in [2.75, 3.05) is 0 Å². The smallest absolute Gasteiger partial charge is 0.292 e. The van der Waals surface area contributed by atoms with Crippen LogP contribution in [0.15, 0.2) is 59.1 Å². The highest BCUT2D eigenvalue weighted by molar-refractivity contribution is 14.1. The zero-order valence-electron chi connectivity index (χ0n) is 9.81. The van der Waals surface area contributed by atoms with Gasteiger partial charge in [-0.1, -0.05) is 36.4 Å². The standard InChI is InChI=1S/C15H9ClINO/c16-15-18-9-14(19-15)12-3-1-10(2-4-12)11-5-7-13(17)8-6-11/h1-9H. The molecule has 0 bridgehead atoms. The Morgan fingerprint density at radius 1 is 0.842 bits per heavy atom. The third kappa shape index (κ3) is 2.82. The molecule has 0 amide bonds. The second kappa shape index (κ2) is 5.35. The lowest BCUT2D eigenvalue weighted by Crippen LogP contribution is -1.79. The number of rotatable bonds is 2. The molecule has 2 nitrogen and oxygen atoms in total. The summed E-state index contributed by atoms with van der Waals surface area (Å²) in [6.45, 7) is 0. The van der Waals surface area contributed by atoms with Crippen LogP contribution >= 0.6 is 34.2 Å². The number of hydrogen-bond donors (Lipinski definition) is 0. The third-order valence-electron chi connectivity index (χ3n) is 2.82. The van der Waals surface area contributed by atoms with Gasteiger partial charge in [0.05, 0.1) is 6.20 Å². The Bertz CT molecular complexity index is 689. The van der Waals surface area contributed by atoms with Crippen molar-refractivity contribution in [2.45, 2.75) is 0 Å². The molecular formula is C15H9ClINO. The molecule has 19 heavy (non-hydrogen) atoms. The number of hydrogen-bond acceptors (Lipinski definition) is 2. The average molecular weight is 382 g/mol. The van der Waals surface area contributed by atoms with Crippen molar-refractivity contribution in [2.24, 2.45) is 0 Å². The van der Waals surface area contributed by atoms with Crippen LogP contribution in [0.1, 0.15) is 0 Å². The summed E-state index contributed by atoms with van der Waals surface area (Å²) in [5.74, 6) is 0.680. The highest BCUT2D eigenvalue weighted by atomic mass is 127. The molecule has 0 aliphatic rings. The summed E-state index contributed by atoms with van der Waals surface area (Å²) in [6.07, 6.45) is 1.63. The molecule has 4 heteroatoms. The highest BCUT2D eigenvalue weighted by Gasteiger charge is 2.05. The van der Waals surface area contributed by atoms with Crippen LogP contribution in [-0.4, -0.2) is 4.98 Å². The normalized spacial score (nSPS) is 10.6. The van der Waals surface area contributed by atoms with E-state index in [1.54, 1.807) is 6.20 Å². The molecule has 0 saturated carbocycles. The SMILES string of the molecule is Clc1ncc(-c2ccc(-c3ccc(I)cc3)cc2)o1. The predicted octanol–water partition coefficient (Wildman–Crippen LogP) is 5.27. The molecule has 0 radical (unpaired) electrons. The Balaban J connectivity index is 1.92. The average Bonchev–Trinajstić information content (AvgIpc) is 2.87. The van der Waals surface area contributed by atoms with Crippen LogP contribution in [-0.2, 0) is 0 Å². The van der Waals surface area contributed by atoms with Gasteiger partial charge in [0.1, 0.15) is 0 Å². The van der Waals surface area contributed by atoms with E-state index in [1.807, 2.05) is 12.1 Å². The minimum Gasteiger partial charge on any atom is -0.428 e. The van der Waals surface area contributed by atoms with Crippen molar-refractivity contribution in [1.29, 1.82) is 0 Å². The van der Waals surface area contributed by atoms with Gasteiger partial charge >= 0.3 is 0 Å². The lowest BCUT2D eigenvalue weighted by molar-refractivity contribution is 0.574. The minimum absolute atomic E-state index is 0.164. The lowest BCUT2D eigenvalue weighted by atomic mass is 10.0. The van der Waals surface area contributed by atoms with E-state index in [0.717, 1.165) is 5.56 Å². The zero-order valence-corrected chi connectivity index (χ0v) is 12.7. The molecule has 3 rings (SSSR count). The Labute approximate surface area is 129 Å². The molecule has 0 unspecified atom stereocenters. The van der Waals surface area contributed by atoms with Gasteiger partial charge in [0, 0.05) is 9.13 Å². The highest BCUT2D eigenvalue weighted by Crippen LogP contribution is 2.26. The molecule has 2 aromatic carbocycles. The maximum absolute atomic E-state index is 5.67. The maximum Gasteiger partial charge on any atom is 0.292 e. The first-order valence-corrected chi connectivity index (χ1v) is 7.16. The summed E-state index contributed by atoms with van der Waals surface area (Å²) in [7, 11) is 0. The molecule has 0 spiro atoms. The molecule has 3 aromatic rings. The van der Waals surface area contributed by atoms with Gasteiger partial charge in [-0.2, -0.15) is 0 Å². The van der Waals surface area contributed by atoms with Crippen molar-refractivity contribution < 1.29 is 4.42 Å². The monoisotopic (exact) mass is 381 g/mol. The van der Waals surface area contributed by atoms with Crippen molar-refractivity contribution >= 4 is 34.2 Å². The van der Waals surface area contributed by atoms with Gasteiger partial charge in [-0.3, -0.25) is 0 Å². The molecule has 0 N–H and O–H groups in total. The van der Waals surface area contributed by atoms with E-state index in [9.17, 15) is 0 Å². The topological polar surface area (TPSA) is 26.0 Å². The first-order valence-electron chi connectivity index (χ1n) is 5.70. The van der Waals surface area contributed by atoms with Crippen LogP contribution in [0.4, 0.5) is 0 Å². The maximum atomic E-state index is 5.67. The predicted molar refractivity (Wildman–Crippen MR) is 85.1 cm³/mol. The second-order valence-electron chi connectivity index (χ2n) is 4.06. The Hall–Kier alpha value is -1.33. The largest absolute Gasteiger partial charge is 0.428 e. The number of halogens is 2. The first kappa shape index (κ1) is 12.7. The van der Waals surface area contributed by atoms with Crippen molar-refractivity contribution in [3.8, 4) is 22.5 Å². The van der Waals surface area contributed by atoms with E-state index in [4.69, 9.17) is 16.0 Å². The molecule has 0 atom stereocenters. The molecule has 0 aliphatic carbocycles. The van der Waals surface area contributed by atoms with Gasteiger partial charge in [0.15, 0.2) is 5.76 Å². The Morgan fingerprint density at radius 2 is 1.37 bits per heavy atom. The van der Waals surface area contributed by atoms with Crippen LogP contribution < -0.4 is 0 Å². The molecule has 94 valence electrons. The first-order chi connectivity index (χ1) is 9.22. The summed E-state index contributed by atoms with van der Waals surface area (Å²) in [5.41, 5.74) is 3.34. The number of nitrogens with zero attached hydrogens (tertiary/aromatic N) is 1. The van der Waals surface area contributed by atoms with Gasteiger partial charge in [-0.25, -0.2) is 4.98 Å². The van der Waals surface area contributed by atoms with E-state index in [0.29, 0.717) is 5.76 Å². The number of benzene rings is 2. The van der Waals surface area contributed by atoms with Gasteiger partial charge in [0.25, 0.3) is 5.35 Å². The van der Waals surface area contributed by atoms with E-state index in [2.05, 4.69) is 64.0 Å². The van der Waals surface area contributed by atoms with Crippen molar-refractivity contribution in [3.05, 3.63) is 63.6 Å². The molecule has 1 aromatic heterocycles. The van der Waals surface area contributed by atoms with Crippen LogP contribution in [0, 0.1) is 3.57 Å². The number of oxazole rings is 1. The van der Waals surface area contributed by atoms with Gasteiger partial charge in [-0.05, 0) is 57.5 Å². The van der Waals surface area contributed by atoms with E-state index < -0.39 is 0 Å². The van der Waals surface area contributed by atoms with E-state index >= 15 is 0 Å². The van der Waals surface area contributed by atoms with Crippen LogP contribution in [0.5, 0.6) is 0 Å². The zero-order chi connectivity index (χ0) is 13.2. The van der Waals surface area contributed by atoms with Crippen LogP contribution in [0.25, 0.3) is 22.5 Å². The van der Waals surface area contributed by atoms with Gasteiger partial charge in [0.2, 0.25) is 0 Å². The number of aromatic nitrogens is 1.